The van der Waals surface area contributed by atoms with E-state index in [2.05, 4.69) is 12.2 Å². The molecule has 1 aliphatic carbocycles. The Labute approximate surface area is 182 Å². The summed E-state index contributed by atoms with van der Waals surface area (Å²) in [5.41, 5.74) is 2.03. The number of nitrogens with zero attached hydrogens (tertiary/aromatic N) is 1. The molecule has 0 radical (unpaired) electrons. The summed E-state index contributed by atoms with van der Waals surface area (Å²) in [6, 6.07) is 15.3. The van der Waals surface area contributed by atoms with Crippen molar-refractivity contribution in [2.24, 2.45) is 5.92 Å². The van der Waals surface area contributed by atoms with Gasteiger partial charge in [0.15, 0.2) is 11.5 Å². The van der Waals surface area contributed by atoms with Gasteiger partial charge in [-0.05, 0) is 42.5 Å². The number of hydrogen-bond donors (Lipinski definition) is 0. The molecule has 0 saturated carbocycles. The Hall–Kier alpha value is -3.28. The maximum absolute atomic E-state index is 13.6. The second kappa shape index (κ2) is 9.25. The van der Waals surface area contributed by atoms with E-state index in [9.17, 15) is 9.59 Å². The molecule has 6 nitrogen and oxygen atoms in total. The van der Waals surface area contributed by atoms with Crippen LogP contribution in [0.3, 0.4) is 0 Å². The first-order valence-electron chi connectivity index (χ1n) is 10.5. The molecule has 2 amide bonds. The van der Waals surface area contributed by atoms with Crippen LogP contribution < -0.4 is 9.47 Å². The summed E-state index contributed by atoms with van der Waals surface area (Å²) in [6.45, 7) is 0.225. The lowest BCUT2D eigenvalue weighted by molar-refractivity contribution is -0.134. The summed E-state index contributed by atoms with van der Waals surface area (Å²) < 4.78 is 16.1. The van der Waals surface area contributed by atoms with Crippen LogP contribution in [0.2, 0.25) is 0 Å². The Bertz CT molecular complexity index is 971. The highest BCUT2D eigenvalue weighted by molar-refractivity contribution is 5.95. The summed E-state index contributed by atoms with van der Waals surface area (Å²) in [4.78, 5) is 27.5. The van der Waals surface area contributed by atoms with Gasteiger partial charge in [0.1, 0.15) is 6.61 Å². The van der Waals surface area contributed by atoms with Gasteiger partial charge < -0.3 is 14.2 Å². The first kappa shape index (κ1) is 21.0. The minimum Gasteiger partial charge on any atom is -0.493 e. The minimum absolute atomic E-state index is 0.146. The minimum atomic E-state index is -0.549. The van der Waals surface area contributed by atoms with Crippen molar-refractivity contribution in [1.82, 2.24) is 4.90 Å². The Morgan fingerprint density at radius 3 is 2.61 bits per heavy atom. The Morgan fingerprint density at radius 2 is 1.87 bits per heavy atom. The molecule has 2 aliphatic rings. The van der Waals surface area contributed by atoms with Crippen LogP contribution in [0.5, 0.6) is 11.5 Å². The standard InChI is InChI=1S/C25H27NO5/c1-29-22-13-12-18(15-23(22)30-2)20-10-6-7-11-21(20)24(27)26-19(16-31-25(26)28)14-17-8-4-3-5-9-17/h3-6,8-10,12-13,15,19-21H,7,11,14,16H2,1-2H3/t19-,20+,21+/m0/s1. The predicted octanol–water partition coefficient (Wildman–Crippen LogP) is 4.34. The predicted molar refractivity (Wildman–Crippen MR) is 116 cm³/mol. The van der Waals surface area contributed by atoms with Gasteiger partial charge in [-0.2, -0.15) is 0 Å². The quantitative estimate of drug-likeness (QED) is 0.649. The van der Waals surface area contributed by atoms with E-state index < -0.39 is 6.09 Å². The number of allylic oxidation sites excluding steroid dienone is 2. The molecule has 162 valence electrons. The number of benzene rings is 2. The fraction of sp³-hybridized carbons (Fsp3) is 0.360. The average Bonchev–Trinajstić information content (AvgIpc) is 3.18. The molecule has 4 rings (SSSR count). The highest BCUT2D eigenvalue weighted by Gasteiger charge is 2.43. The van der Waals surface area contributed by atoms with Gasteiger partial charge in [-0.3, -0.25) is 4.79 Å². The third-order valence-electron chi connectivity index (χ3n) is 6.04. The molecular weight excluding hydrogens is 394 g/mol. The smallest absolute Gasteiger partial charge is 0.416 e. The highest BCUT2D eigenvalue weighted by atomic mass is 16.6. The largest absolute Gasteiger partial charge is 0.493 e. The van der Waals surface area contributed by atoms with Crippen molar-refractivity contribution in [3.8, 4) is 11.5 Å². The molecule has 1 heterocycles. The number of ether oxygens (including phenoxy) is 3. The van der Waals surface area contributed by atoms with Crippen molar-refractivity contribution in [3.63, 3.8) is 0 Å². The molecule has 1 fully saturated rings. The summed E-state index contributed by atoms with van der Waals surface area (Å²) in [5.74, 6) is 0.596. The van der Waals surface area contributed by atoms with E-state index in [1.165, 1.54) is 4.90 Å². The van der Waals surface area contributed by atoms with Gasteiger partial charge in [-0.15, -0.1) is 0 Å². The monoisotopic (exact) mass is 421 g/mol. The van der Waals surface area contributed by atoms with Gasteiger partial charge in [0.2, 0.25) is 5.91 Å². The highest BCUT2D eigenvalue weighted by Crippen LogP contribution is 2.39. The number of cyclic esters (lactones) is 1. The van der Waals surface area contributed by atoms with E-state index in [1.807, 2.05) is 48.5 Å². The fourth-order valence-corrected chi connectivity index (χ4v) is 4.46. The van der Waals surface area contributed by atoms with Crippen molar-refractivity contribution in [1.29, 1.82) is 0 Å². The number of imide groups is 1. The maximum atomic E-state index is 13.6. The number of rotatable bonds is 6. The van der Waals surface area contributed by atoms with Gasteiger partial charge in [0.05, 0.1) is 20.3 Å². The second-order valence-electron chi connectivity index (χ2n) is 7.88. The number of carbonyl (C=O) groups excluding carboxylic acids is 2. The molecule has 0 unspecified atom stereocenters. The van der Waals surface area contributed by atoms with E-state index >= 15 is 0 Å². The van der Waals surface area contributed by atoms with E-state index in [0.717, 1.165) is 17.5 Å². The molecule has 31 heavy (non-hydrogen) atoms. The van der Waals surface area contributed by atoms with Crippen LogP contribution >= 0.6 is 0 Å². The van der Waals surface area contributed by atoms with E-state index in [0.29, 0.717) is 24.3 Å². The molecular formula is C25H27NO5. The van der Waals surface area contributed by atoms with Crippen LogP contribution in [0.15, 0.2) is 60.7 Å². The summed E-state index contributed by atoms with van der Waals surface area (Å²) in [5, 5.41) is 0. The zero-order chi connectivity index (χ0) is 21.8. The van der Waals surface area contributed by atoms with Crippen molar-refractivity contribution >= 4 is 12.0 Å². The lowest BCUT2D eigenvalue weighted by Gasteiger charge is -2.31. The summed E-state index contributed by atoms with van der Waals surface area (Å²) in [7, 11) is 3.19. The molecule has 1 saturated heterocycles. The maximum Gasteiger partial charge on any atom is 0.416 e. The van der Waals surface area contributed by atoms with Crippen LogP contribution in [-0.4, -0.2) is 43.8 Å². The SMILES string of the molecule is COc1ccc([C@H]2C=CCC[C@H]2C(=O)N2C(=O)OC[C@@H]2Cc2ccccc2)cc1OC. The molecule has 0 N–H and O–H groups in total. The van der Waals surface area contributed by atoms with Gasteiger partial charge in [-0.1, -0.05) is 48.6 Å². The van der Waals surface area contributed by atoms with Crippen LogP contribution in [0.4, 0.5) is 4.79 Å². The third kappa shape index (κ3) is 4.29. The van der Waals surface area contributed by atoms with Crippen molar-refractivity contribution in [3.05, 3.63) is 71.8 Å². The Balaban J connectivity index is 1.59. The summed E-state index contributed by atoms with van der Waals surface area (Å²) >= 11 is 0. The number of amides is 2. The van der Waals surface area contributed by atoms with Crippen LogP contribution in [0.1, 0.15) is 29.9 Å². The van der Waals surface area contributed by atoms with E-state index in [1.54, 1.807) is 14.2 Å². The molecule has 2 aromatic rings. The third-order valence-corrected chi connectivity index (χ3v) is 6.04. The topological polar surface area (TPSA) is 65.1 Å². The molecule has 0 spiro atoms. The van der Waals surface area contributed by atoms with Crippen LogP contribution in [0.25, 0.3) is 0 Å². The molecule has 1 aliphatic heterocycles. The fourth-order valence-electron chi connectivity index (χ4n) is 4.46. The Morgan fingerprint density at radius 1 is 1.10 bits per heavy atom. The van der Waals surface area contributed by atoms with Crippen molar-refractivity contribution in [2.75, 3.05) is 20.8 Å². The molecule has 2 aromatic carbocycles. The van der Waals surface area contributed by atoms with Crippen molar-refractivity contribution < 1.29 is 23.8 Å². The van der Waals surface area contributed by atoms with Crippen LogP contribution in [-0.2, 0) is 16.0 Å². The lowest BCUT2D eigenvalue weighted by atomic mass is 9.78. The van der Waals surface area contributed by atoms with Crippen molar-refractivity contribution in [2.45, 2.75) is 31.2 Å². The molecule has 3 atom stereocenters. The summed E-state index contributed by atoms with van der Waals surface area (Å²) in [6.07, 6.45) is 5.66. The normalized spacial score (nSPS) is 22.8. The Kier molecular flexibility index (Phi) is 6.26. The van der Waals surface area contributed by atoms with Crippen LogP contribution in [0, 0.1) is 5.92 Å². The van der Waals surface area contributed by atoms with Gasteiger partial charge >= 0.3 is 6.09 Å². The molecule has 6 heteroatoms. The van der Waals surface area contributed by atoms with Gasteiger partial charge in [-0.25, -0.2) is 9.69 Å². The zero-order valence-electron chi connectivity index (χ0n) is 17.8. The number of hydrogen-bond acceptors (Lipinski definition) is 5. The van der Waals surface area contributed by atoms with E-state index in [-0.39, 0.29) is 30.4 Å². The van der Waals surface area contributed by atoms with Gasteiger partial charge in [0.25, 0.3) is 0 Å². The first-order chi connectivity index (χ1) is 15.1. The van der Waals surface area contributed by atoms with E-state index in [4.69, 9.17) is 14.2 Å². The van der Waals surface area contributed by atoms with Gasteiger partial charge in [0, 0.05) is 11.8 Å². The first-order valence-corrected chi connectivity index (χ1v) is 10.5. The molecule has 0 bridgehead atoms. The molecule has 0 aromatic heterocycles. The average molecular weight is 421 g/mol. The lowest BCUT2D eigenvalue weighted by Crippen LogP contribution is -2.45. The number of methoxy groups -OCH3 is 2. The number of carbonyl (C=O) groups is 2. The second-order valence-corrected chi connectivity index (χ2v) is 7.88. The zero-order valence-corrected chi connectivity index (χ0v) is 17.8.